The fraction of sp³-hybridized carbons (Fsp3) is 0.222. The van der Waals surface area contributed by atoms with Gasteiger partial charge in [0.25, 0.3) is 5.91 Å². The summed E-state index contributed by atoms with van der Waals surface area (Å²) in [5.41, 5.74) is 1.13. The van der Waals surface area contributed by atoms with E-state index in [1.54, 1.807) is 30.4 Å². The van der Waals surface area contributed by atoms with Gasteiger partial charge in [0.05, 0.1) is 19.4 Å². The molecule has 3 rings (SSSR count). The molecule has 0 spiro atoms. The van der Waals surface area contributed by atoms with Gasteiger partial charge in [-0.3, -0.25) is 4.79 Å². The summed E-state index contributed by atoms with van der Waals surface area (Å²) in [4.78, 5) is 14.3. The highest BCUT2D eigenvalue weighted by Gasteiger charge is 2.21. The molecule has 2 aromatic heterocycles. The molecule has 1 aromatic carbocycles. The van der Waals surface area contributed by atoms with Gasteiger partial charge in [0.15, 0.2) is 11.5 Å². The normalized spacial score (nSPS) is 10.7. The minimum Gasteiger partial charge on any atom is -0.467 e. The average Bonchev–Trinajstić information content (AvgIpc) is 3.30. The zero-order chi connectivity index (χ0) is 16.8. The Bertz CT molecular complexity index is 765. The van der Waals surface area contributed by atoms with E-state index in [9.17, 15) is 4.79 Å². The lowest BCUT2D eigenvalue weighted by Gasteiger charge is -2.19. The largest absolute Gasteiger partial charge is 0.467 e. The Morgan fingerprint density at radius 3 is 2.75 bits per heavy atom. The number of carbonyl (C=O) groups excluding carboxylic acids is 1. The molecule has 124 valence electrons. The predicted octanol–water partition coefficient (Wildman–Crippen LogP) is 3.22. The number of furan rings is 1. The maximum absolute atomic E-state index is 12.7. The number of hydrogen-bond donors (Lipinski definition) is 0. The van der Waals surface area contributed by atoms with Gasteiger partial charge < -0.3 is 18.6 Å². The number of rotatable bonds is 7. The van der Waals surface area contributed by atoms with Crippen molar-refractivity contribution >= 4 is 5.91 Å². The van der Waals surface area contributed by atoms with Gasteiger partial charge >= 0.3 is 0 Å². The van der Waals surface area contributed by atoms with Crippen molar-refractivity contribution in [2.45, 2.75) is 6.54 Å². The Balaban J connectivity index is 1.78. The van der Waals surface area contributed by atoms with Crippen molar-refractivity contribution in [2.24, 2.45) is 0 Å². The lowest BCUT2D eigenvalue weighted by Crippen LogP contribution is -2.33. The van der Waals surface area contributed by atoms with Crippen LogP contribution >= 0.6 is 0 Å². The second-order valence-corrected chi connectivity index (χ2v) is 5.24. The Kier molecular flexibility index (Phi) is 5.08. The van der Waals surface area contributed by atoms with Gasteiger partial charge in [-0.2, -0.15) is 0 Å². The van der Waals surface area contributed by atoms with Crippen LogP contribution in [-0.4, -0.2) is 36.2 Å². The van der Waals surface area contributed by atoms with Crippen molar-refractivity contribution < 1.29 is 18.5 Å². The molecule has 6 nitrogen and oxygen atoms in total. The summed E-state index contributed by atoms with van der Waals surface area (Å²) in [5, 5.41) is 3.91. The molecule has 0 saturated carbocycles. The predicted molar refractivity (Wildman–Crippen MR) is 87.3 cm³/mol. The van der Waals surface area contributed by atoms with E-state index < -0.39 is 0 Å². The topological polar surface area (TPSA) is 68.7 Å². The Labute approximate surface area is 139 Å². The van der Waals surface area contributed by atoms with Crippen molar-refractivity contribution in [1.82, 2.24) is 10.1 Å². The lowest BCUT2D eigenvalue weighted by atomic mass is 10.1. The van der Waals surface area contributed by atoms with Crippen LogP contribution in [0.1, 0.15) is 16.2 Å². The van der Waals surface area contributed by atoms with Crippen molar-refractivity contribution in [1.29, 1.82) is 0 Å². The highest BCUT2D eigenvalue weighted by Crippen LogP contribution is 2.21. The number of aromatic nitrogens is 1. The Morgan fingerprint density at radius 2 is 2.04 bits per heavy atom. The molecule has 0 aliphatic rings. The quantitative estimate of drug-likeness (QED) is 0.667. The zero-order valence-electron chi connectivity index (χ0n) is 13.3. The minimum atomic E-state index is -0.227. The lowest BCUT2D eigenvalue weighted by molar-refractivity contribution is 0.0656. The summed E-state index contributed by atoms with van der Waals surface area (Å²) < 4.78 is 15.7. The van der Waals surface area contributed by atoms with Gasteiger partial charge in [-0.15, -0.1) is 0 Å². The molecule has 3 aromatic rings. The maximum Gasteiger partial charge on any atom is 0.276 e. The first-order chi connectivity index (χ1) is 11.8. The van der Waals surface area contributed by atoms with Gasteiger partial charge in [-0.05, 0) is 12.1 Å². The van der Waals surface area contributed by atoms with Crippen molar-refractivity contribution in [3.8, 4) is 11.3 Å². The molecule has 0 atom stereocenters. The van der Waals surface area contributed by atoms with Crippen LogP contribution in [0, 0.1) is 0 Å². The highest BCUT2D eigenvalue weighted by atomic mass is 16.5. The molecule has 1 amide bonds. The van der Waals surface area contributed by atoms with Crippen LogP contribution in [0.15, 0.2) is 63.7 Å². The summed E-state index contributed by atoms with van der Waals surface area (Å²) in [7, 11) is 1.60. The van der Waals surface area contributed by atoms with Crippen molar-refractivity contribution in [3.05, 3.63) is 66.2 Å². The van der Waals surface area contributed by atoms with E-state index in [2.05, 4.69) is 5.16 Å². The van der Waals surface area contributed by atoms with Crippen LogP contribution in [0.3, 0.4) is 0 Å². The number of benzene rings is 1. The second kappa shape index (κ2) is 7.61. The third kappa shape index (κ3) is 3.72. The average molecular weight is 326 g/mol. The fourth-order valence-corrected chi connectivity index (χ4v) is 2.32. The number of hydrogen-bond acceptors (Lipinski definition) is 5. The second-order valence-electron chi connectivity index (χ2n) is 5.24. The smallest absolute Gasteiger partial charge is 0.276 e. The molecular formula is C18H18N2O4. The molecule has 0 unspecified atom stereocenters. The molecule has 0 aliphatic heterocycles. The number of amides is 1. The van der Waals surface area contributed by atoms with E-state index in [-0.39, 0.29) is 11.6 Å². The van der Waals surface area contributed by atoms with Crippen LogP contribution in [0.5, 0.6) is 0 Å². The highest BCUT2D eigenvalue weighted by molar-refractivity contribution is 5.93. The molecular weight excluding hydrogens is 308 g/mol. The van der Waals surface area contributed by atoms with Gasteiger partial charge in [0.1, 0.15) is 5.76 Å². The van der Waals surface area contributed by atoms with Crippen molar-refractivity contribution in [2.75, 3.05) is 20.3 Å². The van der Waals surface area contributed by atoms with E-state index in [1.807, 2.05) is 36.4 Å². The summed E-state index contributed by atoms with van der Waals surface area (Å²) in [6.45, 7) is 1.21. The summed E-state index contributed by atoms with van der Waals surface area (Å²) in [6.07, 6.45) is 1.58. The number of nitrogens with zero attached hydrogens (tertiary/aromatic N) is 2. The molecule has 2 heterocycles. The first kappa shape index (κ1) is 16.0. The van der Waals surface area contributed by atoms with E-state index >= 15 is 0 Å². The van der Waals surface area contributed by atoms with Crippen LogP contribution < -0.4 is 0 Å². The first-order valence-electron chi connectivity index (χ1n) is 7.60. The summed E-state index contributed by atoms with van der Waals surface area (Å²) in [6, 6.07) is 14.8. The van der Waals surface area contributed by atoms with Crippen molar-refractivity contribution in [3.63, 3.8) is 0 Å². The molecule has 0 fully saturated rings. The summed E-state index contributed by atoms with van der Waals surface area (Å²) >= 11 is 0. The molecule has 0 aliphatic carbocycles. The molecule has 24 heavy (non-hydrogen) atoms. The number of ether oxygens (including phenoxy) is 1. The van der Waals surface area contributed by atoms with E-state index in [1.165, 1.54) is 0 Å². The van der Waals surface area contributed by atoms with Gasteiger partial charge in [0.2, 0.25) is 0 Å². The first-order valence-corrected chi connectivity index (χ1v) is 7.60. The van der Waals surface area contributed by atoms with E-state index in [4.69, 9.17) is 13.7 Å². The van der Waals surface area contributed by atoms with E-state index in [0.29, 0.717) is 31.2 Å². The van der Waals surface area contributed by atoms with Gasteiger partial charge in [-0.25, -0.2) is 0 Å². The zero-order valence-corrected chi connectivity index (χ0v) is 13.3. The van der Waals surface area contributed by atoms with Crippen LogP contribution in [0.25, 0.3) is 11.3 Å². The van der Waals surface area contributed by atoms with Crippen LogP contribution in [0.4, 0.5) is 0 Å². The number of methoxy groups -OCH3 is 1. The van der Waals surface area contributed by atoms with Crippen LogP contribution in [-0.2, 0) is 11.3 Å². The standard InChI is InChI=1S/C18H18N2O4/c1-22-11-9-20(13-15-8-5-10-23-15)18(21)16-12-17(24-19-16)14-6-3-2-4-7-14/h2-8,10,12H,9,11,13H2,1H3. The molecule has 0 N–H and O–H groups in total. The third-order valence-electron chi connectivity index (χ3n) is 3.57. The van der Waals surface area contributed by atoms with Gasteiger partial charge in [0, 0.05) is 25.3 Å². The third-order valence-corrected chi connectivity index (χ3v) is 3.57. The summed E-state index contributed by atoms with van der Waals surface area (Å²) in [5.74, 6) is 1.03. The monoisotopic (exact) mass is 326 g/mol. The molecule has 0 bridgehead atoms. The Morgan fingerprint density at radius 1 is 1.21 bits per heavy atom. The molecule has 6 heteroatoms. The van der Waals surface area contributed by atoms with Crippen LogP contribution in [0.2, 0.25) is 0 Å². The molecule has 0 saturated heterocycles. The Hall–Kier alpha value is -2.86. The molecule has 0 radical (unpaired) electrons. The number of carbonyl (C=O) groups is 1. The minimum absolute atomic E-state index is 0.227. The fourth-order valence-electron chi connectivity index (χ4n) is 2.32. The van der Waals surface area contributed by atoms with E-state index in [0.717, 1.165) is 5.56 Å². The SMILES string of the molecule is COCCN(Cc1ccco1)C(=O)c1cc(-c2ccccc2)on1. The van der Waals surface area contributed by atoms with Gasteiger partial charge in [-0.1, -0.05) is 35.5 Å². The maximum atomic E-state index is 12.7.